The average Bonchev–Trinajstić information content (AvgIpc) is 3.14. The monoisotopic (exact) mass is 340 g/mol. The number of hydrogen-bond donors (Lipinski definition) is 1. The van der Waals surface area contributed by atoms with Crippen LogP contribution in [0.2, 0.25) is 0 Å². The van der Waals surface area contributed by atoms with E-state index >= 15 is 0 Å². The van der Waals surface area contributed by atoms with Crippen LogP contribution in [-0.4, -0.2) is 30.0 Å². The molecule has 1 aromatic carbocycles. The van der Waals surface area contributed by atoms with E-state index in [4.69, 9.17) is 0 Å². The molecule has 0 aliphatic rings. The van der Waals surface area contributed by atoms with Crippen LogP contribution in [0.3, 0.4) is 0 Å². The van der Waals surface area contributed by atoms with Crippen LogP contribution in [0.15, 0.2) is 41.3 Å². The van der Waals surface area contributed by atoms with Gasteiger partial charge in [-0.25, -0.2) is 14.5 Å². The van der Waals surface area contributed by atoms with Crippen molar-refractivity contribution in [3.8, 4) is 0 Å². The number of carbonyl (C=O) groups excluding carboxylic acids is 1. The van der Waals surface area contributed by atoms with Crippen LogP contribution in [-0.2, 0) is 13.6 Å². The Morgan fingerprint density at radius 1 is 1.33 bits per heavy atom. The number of benzene rings is 1. The number of fused-ring (bicyclic) bond motifs is 2. The predicted octanol–water partition coefficient (Wildman–Crippen LogP) is 1.50. The fourth-order valence-corrected chi connectivity index (χ4v) is 3.31. The van der Waals surface area contributed by atoms with E-state index in [1.165, 1.54) is 0 Å². The number of rotatable bonds is 2. The second-order valence-electron chi connectivity index (χ2n) is 5.24. The van der Waals surface area contributed by atoms with Crippen molar-refractivity contribution < 1.29 is 4.79 Å². The fraction of sp³-hybridized carbons (Fsp3) is 0.133. The molecule has 0 saturated carbocycles. The molecule has 0 spiro atoms. The maximum atomic E-state index is 12.3. The van der Waals surface area contributed by atoms with Gasteiger partial charge in [-0.2, -0.15) is 3.96 Å². The van der Waals surface area contributed by atoms with E-state index in [9.17, 15) is 9.59 Å². The number of amides is 1. The quantitative estimate of drug-likeness (QED) is 0.597. The topological polar surface area (TPSA) is 94.7 Å². The summed E-state index contributed by atoms with van der Waals surface area (Å²) in [5, 5.41) is 11.2. The number of carbonyl (C=O) groups is 1. The van der Waals surface area contributed by atoms with E-state index in [-0.39, 0.29) is 5.56 Å². The van der Waals surface area contributed by atoms with Gasteiger partial charge in [-0.15, -0.1) is 5.10 Å². The Bertz CT molecular complexity index is 1130. The molecule has 0 aliphatic carbocycles. The summed E-state index contributed by atoms with van der Waals surface area (Å²) in [6.07, 6.45) is 1.59. The van der Waals surface area contributed by atoms with Gasteiger partial charge < -0.3 is 5.32 Å². The summed E-state index contributed by atoms with van der Waals surface area (Å²) in [6, 6.07) is 8.51. The van der Waals surface area contributed by atoms with Gasteiger partial charge in [0.15, 0.2) is 0 Å². The molecule has 3 aromatic heterocycles. The Morgan fingerprint density at radius 2 is 2.21 bits per heavy atom. The Kier molecular flexibility index (Phi) is 3.35. The number of pyridine rings is 1. The molecule has 24 heavy (non-hydrogen) atoms. The van der Waals surface area contributed by atoms with Crippen molar-refractivity contribution in [1.29, 1.82) is 0 Å². The van der Waals surface area contributed by atoms with Crippen molar-refractivity contribution in [2.24, 2.45) is 7.05 Å². The first-order valence-corrected chi connectivity index (χ1v) is 7.94. The summed E-state index contributed by atoms with van der Waals surface area (Å²) in [4.78, 5) is 29.1. The molecule has 0 aliphatic heterocycles. The van der Waals surface area contributed by atoms with Gasteiger partial charge in [0.2, 0.25) is 0 Å². The first-order chi connectivity index (χ1) is 11.6. The third-order valence-electron chi connectivity index (χ3n) is 3.67. The highest BCUT2D eigenvalue weighted by Gasteiger charge is 2.14. The minimum Gasteiger partial charge on any atom is -0.333 e. The van der Waals surface area contributed by atoms with E-state index < -0.39 is 6.03 Å². The highest BCUT2D eigenvalue weighted by molar-refractivity contribution is 7.14. The minimum absolute atomic E-state index is 0.291. The molecule has 120 valence electrons. The normalized spacial score (nSPS) is 11.2. The second-order valence-corrected chi connectivity index (χ2v) is 6.18. The number of aromatic nitrogens is 5. The molecule has 8 nitrogen and oxygen atoms in total. The van der Waals surface area contributed by atoms with Crippen LogP contribution in [0.25, 0.3) is 21.3 Å². The van der Waals surface area contributed by atoms with Gasteiger partial charge in [-0.3, -0.25) is 4.79 Å². The van der Waals surface area contributed by atoms with Gasteiger partial charge in [0.05, 0.1) is 10.9 Å². The van der Waals surface area contributed by atoms with E-state index in [2.05, 4.69) is 20.6 Å². The van der Waals surface area contributed by atoms with E-state index in [0.717, 1.165) is 32.1 Å². The number of hydrogen-bond acceptors (Lipinski definition) is 6. The van der Waals surface area contributed by atoms with E-state index in [0.29, 0.717) is 16.8 Å². The highest BCUT2D eigenvalue weighted by Crippen LogP contribution is 2.14. The lowest BCUT2D eigenvalue weighted by Crippen LogP contribution is -2.32. The molecule has 0 bridgehead atoms. The third-order valence-corrected chi connectivity index (χ3v) is 4.68. The summed E-state index contributed by atoms with van der Waals surface area (Å²) >= 11 is 1.03. The number of aryl methyl sites for hydroxylation is 1. The smallest absolute Gasteiger partial charge is 0.333 e. The van der Waals surface area contributed by atoms with Crippen LogP contribution < -0.4 is 10.9 Å². The van der Waals surface area contributed by atoms with Gasteiger partial charge >= 0.3 is 6.03 Å². The molecule has 4 rings (SSSR count). The largest absolute Gasteiger partial charge is 0.338 e. The lowest BCUT2D eigenvalue weighted by Gasteiger charge is -2.04. The first kappa shape index (κ1) is 14.5. The van der Waals surface area contributed by atoms with Crippen LogP contribution in [0.4, 0.5) is 4.79 Å². The first-order valence-electron chi connectivity index (χ1n) is 7.17. The Hall–Kier alpha value is -3.07. The molecule has 1 N–H and O–H groups in total. The zero-order chi connectivity index (χ0) is 16.7. The van der Waals surface area contributed by atoms with Gasteiger partial charge in [0.1, 0.15) is 10.3 Å². The second kappa shape index (κ2) is 5.53. The highest BCUT2D eigenvalue weighted by atomic mass is 32.1. The molecule has 0 saturated heterocycles. The summed E-state index contributed by atoms with van der Waals surface area (Å²) < 4.78 is 2.76. The molecule has 1 amide bonds. The van der Waals surface area contributed by atoms with Crippen LogP contribution in [0.5, 0.6) is 0 Å². The Morgan fingerprint density at radius 3 is 3.04 bits per heavy atom. The van der Waals surface area contributed by atoms with Crippen molar-refractivity contribution >= 4 is 38.8 Å². The lowest BCUT2D eigenvalue weighted by atomic mass is 10.2. The van der Waals surface area contributed by atoms with Crippen molar-refractivity contribution in [1.82, 2.24) is 29.3 Å². The van der Waals surface area contributed by atoms with Gasteiger partial charge in [0.25, 0.3) is 5.56 Å². The van der Waals surface area contributed by atoms with Gasteiger partial charge in [-0.1, -0.05) is 11.3 Å². The molecule has 0 unspecified atom stereocenters. The summed E-state index contributed by atoms with van der Waals surface area (Å²) in [5.74, 6) is 0. The van der Waals surface area contributed by atoms with Crippen LogP contribution in [0, 0.1) is 0 Å². The SMILES string of the molecule is Cn1nnc2cc(CNC(=O)n3sc4ncccc4c3=O)ccc21. The molecule has 4 aromatic rings. The summed E-state index contributed by atoms with van der Waals surface area (Å²) in [6.45, 7) is 0.291. The van der Waals surface area contributed by atoms with Gasteiger partial charge in [0, 0.05) is 19.8 Å². The van der Waals surface area contributed by atoms with Gasteiger partial charge in [-0.05, 0) is 41.4 Å². The molecule has 0 fully saturated rings. The van der Waals surface area contributed by atoms with Crippen molar-refractivity contribution in [3.05, 3.63) is 52.4 Å². The zero-order valence-corrected chi connectivity index (χ0v) is 13.4. The maximum Gasteiger partial charge on any atom is 0.338 e. The summed E-state index contributed by atoms with van der Waals surface area (Å²) in [7, 11) is 1.82. The minimum atomic E-state index is -0.470. The zero-order valence-electron chi connectivity index (χ0n) is 12.6. The predicted molar refractivity (Wildman–Crippen MR) is 90.0 cm³/mol. The summed E-state index contributed by atoms with van der Waals surface area (Å²) in [5.41, 5.74) is 2.19. The number of nitrogens with one attached hydrogen (secondary N) is 1. The maximum absolute atomic E-state index is 12.3. The molecule has 0 radical (unpaired) electrons. The molecule has 3 heterocycles. The number of nitrogens with zero attached hydrogens (tertiary/aromatic N) is 5. The third kappa shape index (κ3) is 2.35. The lowest BCUT2D eigenvalue weighted by molar-refractivity contribution is 0.243. The van der Waals surface area contributed by atoms with Crippen molar-refractivity contribution in [3.63, 3.8) is 0 Å². The Balaban J connectivity index is 1.56. The van der Waals surface area contributed by atoms with Crippen molar-refractivity contribution in [2.75, 3.05) is 0 Å². The molecular weight excluding hydrogens is 328 g/mol. The Labute approximate surface area is 139 Å². The average molecular weight is 340 g/mol. The molecular formula is C15H12N6O2S. The van der Waals surface area contributed by atoms with E-state index in [1.807, 2.05) is 25.2 Å². The van der Waals surface area contributed by atoms with E-state index in [1.54, 1.807) is 23.0 Å². The molecule has 0 atom stereocenters. The standard InChI is InChI=1S/C15H12N6O2S/c1-20-12-5-4-9(7-11(12)18-19-20)8-17-15(23)21-14(22)10-3-2-6-16-13(10)24-21/h2-7H,8H2,1H3,(H,17,23). The van der Waals surface area contributed by atoms with Crippen LogP contribution >= 0.6 is 11.5 Å². The van der Waals surface area contributed by atoms with Crippen LogP contribution in [0.1, 0.15) is 5.56 Å². The fourth-order valence-electron chi connectivity index (χ4n) is 2.44. The molecule has 9 heteroatoms. The van der Waals surface area contributed by atoms with Crippen molar-refractivity contribution in [2.45, 2.75) is 6.54 Å².